The summed E-state index contributed by atoms with van der Waals surface area (Å²) in [4.78, 5) is 15.8. The van der Waals surface area contributed by atoms with Crippen LogP contribution in [-0.4, -0.2) is 19.9 Å². The maximum atomic E-state index is 4.08. The molecule has 5 heterocycles. The highest BCUT2D eigenvalue weighted by atomic mass is 14.8. The normalized spacial score (nSPS) is 11.4. The fourth-order valence-electron chi connectivity index (χ4n) is 8.05. The van der Waals surface area contributed by atoms with Gasteiger partial charge in [0, 0.05) is 71.4 Å². The van der Waals surface area contributed by atoms with Crippen LogP contribution in [0.5, 0.6) is 0 Å². The molecule has 0 amide bonds. The Hall–Kier alpha value is -6.52. The summed E-state index contributed by atoms with van der Waals surface area (Å²) in [5.74, 6) is 0. The minimum absolute atomic E-state index is 0.898. The predicted octanol–water partition coefficient (Wildman–Crippen LogP) is 13.1. The Kier molecular flexibility index (Phi) is 8.05. The summed E-state index contributed by atoms with van der Waals surface area (Å²) < 4.78 is 0. The molecule has 52 heavy (non-hydrogen) atoms. The largest absolute Gasteiger partial charge is 0.354 e. The van der Waals surface area contributed by atoms with Gasteiger partial charge in [-0.2, -0.15) is 0 Å². The van der Waals surface area contributed by atoms with Gasteiger partial charge in [0.15, 0.2) is 0 Å². The van der Waals surface area contributed by atoms with Gasteiger partial charge in [-0.1, -0.05) is 74.5 Å². The molecule has 0 spiro atoms. The Morgan fingerprint density at radius 2 is 0.712 bits per heavy atom. The van der Waals surface area contributed by atoms with Crippen LogP contribution in [0.2, 0.25) is 0 Å². The number of fused-ring (bicyclic) bond motifs is 8. The number of aromatic amines is 4. The minimum atomic E-state index is 0.898. The predicted molar refractivity (Wildman–Crippen MR) is 221 cm³/mol. The standard InChI is InChI=1S/C48H40N4/c1-3-35-36(4-2)48-46(34-23-15-8-16-24-34)42-30-28-40(51-42)44(32-19-11-6-12-20-32)38-26-25-37(49-38)43(31-17-9-5-10-18-31)39-27-29-41(50-39)45(47(35)52-48)33-21-13-7-14-22-33/h5-30,49-52H,3-4H2,1-2H3/q+2. The van der Waals surface area contributed by atoms with Crippen LogP contribution < -0.4 is 0 Å². The van der Waals surface area contributed by atoms with Crippen molar-refractivity contribution < 1.29 is 0 Å². The van der Waals surface area contributed by atoms with Gasteiger partial charge in [0.1, 0.15) is 33.2 Å². The number of nitrogens with one attached hydrogen (secondary N) is 4. The lowest BCUT2D eigenvalue weighted by molar-refractivity contribution is 1.07. The topological polar surface area (TPSA) is 63.2 Å². The first-order valence-corrected chi connectivity index (χ1v) is 18.2. The van der Waals surface area contributed by atoms with Crippen LogP contribution in [0.4, 0.5) is 0 Å². The molecule has 250 valence electrons. The molecule has 0 saturated heterocycles. The van der Waals surface area contributed by atoms with Gasteiger partial charge in [-0.3, -0.25) is 0 Å². The summed E-state index contributed by atoms with van der Waals surface area (Å²) in [6, 6.07) is 56.3. The van der Waals surface area contributed by atoms with Crippen LogP contribution in [0.25, 0.3) is 88.6 Å². The lowest BCUT2D eigenvalue weighted by Gasteiger charge is -2.04. The quantitative estimate of drug-likeness (QED) is 0.127. The van der Waals surface area contributed by atoms with Crippen molar-refractivity contribution in [2.24, 2.45) is 0 Å². The number of aryl methyl sites for hydroxylation is 2. The molecule has 0 radical (unpaired) electrons. The number of benzene rings is 4. The third kappa shape index (κ3) is 5.41. The maximum absolute atomic E-state index is 4.08. The number of hydrogen-bond acceptors (Lipinski definition) is 0. The Balaban J connectivity index is 1.56. The van der Waals surface area contributed by atoms with Gasteiger partial charge in [-0.05, 0) is 71.8 Å². The SMILES string of the molecule is CCc1c(CC)c2[nH]c1[c+](-c1ccccc1)c1ccc([nH]1)c(-c1ccccc1)c1ccc([nH]1)c(-c1ccccc1)c1ccc([nH]1)[c+]2-c1ccccc1. The lowest BCUT2D eigenvalue weighted by atomic mass is 9.97. The second kappa shape index (κ2) is 13.3. The number of aromatic nitrogens is 4. The molecule has 4 nitrogen and oxygen atoms in total. The van der Waals surface area contributed by atoms with E-state index in [4.69, 9.17) is 0 Å². The summed E-state index contributed by atoms with van der Waals surface area (Å²) in [7, 11) is 0. The molecule has 4 aromatic carbocycles. The van der Waals surface area contributed by atoms with E-state index in [0.29, 0.717) is 0 Å². The van der Waals surface area contributed by atoms with Gasteiger partial charge in [0.2, 0.25) is 0 Å². The summed E-state index contributed by atoms with van der Waals surface area (Å²) in [6.07, 6.45) is 1.80. The van der Waals surface area contributed by atoms with Gasteiger partial charge >= 0.3 is 0 Å². The van der Waals surface area contributed by atoms with Crippen LogP contribution in [0.15, 0.2) is 158 Å². The third-order valence-electron chi connectivity index (χ3n) is 10.3. The number of H-pyrrole nitrogens is 4. The monoisotopic (exact) mass is 672 g/mol. The van der Waals surface area contributed by atoms with E-state index in [-0.39, 0.29) is 0 Å². The van der Waals surface area contributed by atoms with E-state index >= 15 is 0 Å². The van der Waals surface area contributed by atoms with Crippen molar-refractivity contribution >= 4 is 44.1 Å². The third-order valence-corrected chi connectivity index (χ3v) is 10.3. The van der Waals surface area contributed by atoms with Crippen LogP contribution in [0.1, 0.15) is 25.0 Å². The first kappa shape index (κ1) is 31.5. The Bertz CT molecular complexity index is 2590. The molecule has 0 fully saturated rings. The maximum Gasteiger partial charge on any atom is 0.130 e. The molecule has 0 atom stereocenters. The average molecular weight is 673 g/mol. The van der Waals surface area contributed by atoms with Gasteiger partial charge in [-0.25, -0.2) is 0 Å². The molecule has 0 aliphatic heterocycles. The summed E-state index contributed by atoms with van der Waals surface area (Å²) in [6.45, 7) is 4.56. The molecular weight excluding hydrogens is 633 g/mol. The van der Waals surface area contributed by atoms with E-state index in [1.807, 2.05) is 0 Å². The van der Waals surface area contributed by atoms with E-state index in [2.05, 4.69) is 192 Å². The van der Waals surface area contributed by atoms with Crippen molar-refractivity contribution in [2.75, 3.05) is 0 Å². The second-order valence-electron chi connectivity index (χ2n) is 13.4. The van der Waals surface area contributed by atoms with Crippen LogP contribution >= 0.6 is 0 Å². The molecule has 4 heteroatoms. The zero-order valence-electron chi connectivity index (χ0n) is 29.4. The molecule has 9 rings (SSSR count). The molecule has 0 unspecified atom stereocenters. The molecule has 5 aromatic heterocycles. The highest BCUT2D eigenvalue weighted by Gasteiger charge is 2.25. The Labute approximate surface area is 303 Å². The molecule has 0 aliphatic carbocycles. The molecule has 9 aromatic rings. The van der Waals surface area contributed by atoms with E-state index in [0.717, 1.165) is 101 Å². The van der Waals surface area contributed by atoms with Gasteiger partial charge in [0.25, 0.3) is 0 Å². The summed E-state index contributed by atoms with van der Waals surface area (Å²) in [5, 5.41) is 0. The molecular formula is C48H40N4+2. The molecule has 4 N–H and O–H groups in total. The molecule has 8 bridgehead atoms. The zero-order chi connectivity index (χ0) is 35.0. The van der Waals surface area contributed by atoms with Gasteiger partial charge in [-0.15, -0.1) is 0 Å². The fourth-order valence-corrected chi connectivity index (χ4v) is 8.05. The fraction of sp³-hybridized carbons (Fsp3) is 0.0833. The minimum Gasteiger partial charge on any atom is -0.354 e. The van der Waals surface area contributed by atoms with Crippen molar-refractivity contribution in [3.05, 3.63) is 169 Å². The first-order chi connectivity index (χ1) is 25.7. The number of hydrogen-bond donors (Lipinski definition) is 4. The van der Waals surface area contributed by atoms with Crippen LogP contribution in [0, 0.1) is 0 Å². The molecule has 0 aliphatic rings. The van der Waals surface area contributed by atoms with Gasteiger partial charge < -0.3 is 19.9 Å². The van der Waals surface area contributed by atoms with Crippen molar-refractivity contribution in [3.63, 3.8) is 0 Å². The second-order valence-corrected chi connectivity index (χ2v) is 13.4. The Morgan fingerprint density at radius 1 is 0.365 bits per heavy atom. The first-order valence-electron chi connectivity index (χ1n) is 18.2. The van der Waals surface area contributed by atoms with Crippen molar-refractivity contribution in [3.8, 4) is 44.5 Å². The average Bonchev–Trinajstić information content (AvgIpc) is 4.03. The zero-order valence-corrected chi connectivity index (χ0v) is 29.4. The smallest absolute Gasteiger partial charge is 0.130 e. The Morgan fingerprint density at radius 3 is 1.10 bits per heavy atom. The highest BCUT2D eigenvalue weighted by molar-refractivity contribution is 6.04. The van der Waals surface area contributed by atoms with Crippen molar-refractivity contribution in [2.45, 2.75) is 26.7 Å². The van der Waals surface area contributed by atoms with E-state index < -0.39 is 0 Å². The number of rotatable bonds is 6. The van der Waals surface area contributed by atoms with Crippen LogP contribution in [-0.2, 0) is 12.8 Å². The summed E-state index contributed by atoms with van der Waals surface area (Å²) >= 11 is 0. The van der Waals surface area contributed by atoms with E-state index in [9.17, 15) is 0 Å². The summed E-state index contributed by atoms with van der Waals surface area (Å²) in [5.41, 5.74) is 20.5. The van der Waals surface area contributed by atoms with E-state index in [1.165, 1.54) is 11.1 Å². The van der Waals surface area contributed by atoms with Crippen LogP contribution in [0.3, 0.4) is 0 Å². The van der Waals surface area contributed by atoms with Crippen molar-refractivity contribution in [1.82, 2.24) is 19.9 Å². The highest BCUT2D eigenvalue weighted by Crippen LogP contribution is 2.40. The van der Waals surface area contributed by atoms with Gasteiger partial charge in [0.05, 0.1) is 33.3 Å². The van der Waals surface area contributed by atoms with Crippen molar-refractivity contribution in [1.29, 1.82) is 0 Å². The lowest BCUT2D eigenvalue weighted by Crippen LogP contribution is -1.89. The van der Waals surface area contributed by atoms with E-state index in [1.54, 1.807) is 0 Å². The molecule has 0 saturated carbocycles.